The number of para-hydroxylation sites is 1. The number of carbonyl (C=O) groups is 1. The van der Waals surface area contributed by atoms with Gasteiger partial charge in [-0.05, 0) is 30.7 Å². The first-order valence-electron chi connectivity index (χ1n) is 6.57. The number of rotatable bonds is 7. The highest BCUT2D eigenvalue weighted by Crippen LogP contribution is 2.15. The zero-order chi connectivity index (χ0) is 15.1. The molecule has 2 aromatic carbocycles. The lowest BCUT2D eigenvalue weighted by molar-refractivity contribution is 0.0693. The van der Waals surface area contributed by atoms with E-state index < -0.39 is 16.8 Å². The molecule has 0 aromatic heterocycles. The van der Waals surface area contributed by atoms with Gasteiger partial charge < -0.3 is 9.84 Å². The summed E-state index contributed by atoms with van der Waals surface area (Å²) in [5.74, 6) is 0.0885. The van der Waals surface area contributed by atoms with E-state index in [1.165, 1.54) is 6.07 Å². The van der Waals surface area contributed by atoms with Crippen molar-refractivity contribution in [3.05, 3.63) is 60.2 Å². The predicted molar refractivity (Wildman–Crippen MR) is 81.2 cm³/mol. The highest BCUT2D eigenvalue weighted by Gasteiger charge is 2.14. The molecular weight excluding hydrogens is 288 g/mol. The Bertz CT molecular complexity index is 625. The zero-order valence-electron chi connectivity index (χ0n) is 11.4. The fraction of sp³-hybridized carbons (Fsp3) is 0.188. The third-order valence-corrected chi connectivity index (χ3v) is 4.35. The van der Waals surface area contributed by atoms with Crippen LogP contribution in [0.5, 0.6) is 5.75 Å². The molecule has 0 bridgehead atoms. The average Bonchev–Trinajstić information content (AvgIpc) is 2.52. The Morgan fingerprint density at radius 3 is 2.43 bits per heavy atom. The molecule has 0 spiro atoms. The van der Waals surface area contributed by atoms with Gasteiger partial charge in [0.25, 0.3) is 0 Å². The largest absolute Gasteiger partial charge is 0.494 e. The average molecular weight is 304 g/mol. The molecule has 1 unspecified atom stereocenters. The third-order valence-electron chi connectivity index (χ3n) is 2.85. The summed E-state index contributed by atoms with van der Waals surface area (Å²) in [5, 5.41) is 9.08. The molecule has 0 aliphatic carbocycles. The molecule has 4 nitrogen and oxygen atoms in total. The Hall–Kier alpha value is -2.14. The monoisotopic (exact) mass is 304 g/mol. The smallest absolute Gasteiger partial charge is 0.336 e. The van der Waals surface area contributed by atoms with Crippen molar-refractivity contribution in [2.24, 2.45) is 0 Å². The summed E-state index contributed by atoms with van der Waals surface area (Å²) in [6.07, 6.45) is 0.593. The molecule has 21 heavy (non-hydrogen) atoms. The first kappa shape index (κ1) is 15.3. The van der Waals surface area contributed by atoms with E-state index in [1.807, 2.05) is 30.3 Å². The van der Waals surface area contributed by atoms with Gasteiger partial charge in [0.15, 0.2) is 0 Å². The van der Waals surface area contributed by atoms with Gasteiger partial charge in [0.1, 0.15) is 5.75 Å². The lowest BCUT2D eigenvalue weighted by atomic mass is 10.2. The van der Waals surface area contributed by atoms with Gasteiger partial charge in [-0.3, -0.25) is 4.21 Å². The van der Waals surface area contributed by atoms with Crippen molar-refractivity contribution in [2.45, 2.75) is 11.3 Å². The van der Waals surface area contributed by atoms with Crippen molar-refractivity contribution in [1.82, 2.24) is 0 Å². The minimum atomic E-state index is -1.33. The Labute approximate surface area is 125 Å². The maximum absolute atomic E-state index is 12.2. The van der Waals surface area contributed by atoms with Crippen LogP contribution >= 0.6 is 0 Å². The molecule has 2 aromatic rings. The summed E-state index contributed by atoms with van der Waals surface area (Å²) in [4.78, 5) is 11.4. The highest BCUT2D eigenvalue weighted by atomic mass is 32.2. The fourth-order valence-electron chi connectivity index (χ4n) is 1.85. The molecular formula is C16H16O4S. The number of hydrogen-bond acceptors (Lipinski definition) is 3. The SMILES string of the molecule is O=C(O)c1ccccc1S(=O)CCCOc1ccccc1. The van der Waals surface area contributed by atoms with E-state index in [9.17, 15) is 9.00 Å². The molecule has 5 heteroatoms. The molecule has 0 heterocycles. The maximum atomic E-state index is 12.2. The summed E-state index contributed by atoms with van der Waals surface area (Å²) in [6, 6.07) is 15.8. The van der Waals surface area contributed by atoms with E-state index in [-0.39, 0.29) is 5.56 Å². The van der Waals surface area contributed by atoms with Crippen LogP contribution in [0.3, 0.4) is 0 Å². The highest BCUT2D eigenvalue weighted by molar-refractivity contribution is 7.85. The van der Waals surface area contributed by atoms with Gasteiger partial charge in [-0.25, -0.2) is 4.79 Å². The van der Waals surface area contributed by atoms with Crippen molar-refractivity contribution < 1.29 is 18.8 Å². The summed E-state index contributed by atoms with van der Waals surface area (Å²) in [6.45, 7) is 0.449. The second-order valence-electron chi connectivity index (χ2n) is 4.37. The lowest BCUT2D eigenvalue weighted by Gasteiger charge is -2.07. The quantitative estimate of drug-likeness (QED) is 0.799. The van der Waals surface area contributed by atoms with Crippen LogP contribution in [0.2, 0.25) is 0 Å². The van der Waals surface area contributed by atoms with Crippen LogP contribution in [0.1, 0.15) is 16.8 Å². The van der Waals surface area contributed by atoms with Gasteiger partial charge in [0, 0.05) is 5.75 Å². The topological polar surface area (TPSA) is 63.6 Å². The normalized spacial score (nSPS) is 11.8. The summed E-state index contributed by atoms with van der Waals surface area (Å²) in [7, 11) is -1.33. The molecule has 0 aliphatic rings. The van der Waals surface area contributed by atoms with Crippen LogP contribution in [0, 0.1) is 0 Å². The van der Waals surface area contributed by atoms with Crippen LogP contribution in [0.25, 0.3) is 0 Å². The minimum Gasteiger partial charge on any atom is -0.494 e. The van der Waals surface area contributed by atoms with Crippen molar-refractivity contribution in [3.8, 4) is 5.75 Å². The van der Waals surface area contributed by atoms with Crippen LogP contribution < -0.4 is 4.74 Å². The van der Waals surface area contributed by atoms with E-state index in [1.54, 1.807) is 18.2 Å². The van der Waals surface area contributed by atoms with Gasteiger partial charge in [-0.15, -0.1) is 0 Å². The molecule has 0 saturated heterocycles. The Morgan fingerprint density at radius 1 is 1.05 bits per heavy atom. The molecule has 1 N–H and O–H groups in total. The number of aromatic carboxylic acids is 1. The zero-order valence-corrected chi connectivity index (χ0v) is 12.2. The Balaban J connectivity index is 1.86. The van der Waals surface area contributed by atoms with Crippen LogP contribution in [-0.2, 0) is 10.8 Å². The molecule has 110 valence electrons. The lowest BCUT2D eigenvalue weighted by Crippen LogP contribution is -2.09. The van der Waals surface area contributed by atoms with E-state index >= 15 is 0 Å². The van der Waals surface area contributed by atoms with E-state index in [0.29, 0.717) is 23.7 Å². The number of ether oxygens (including phenoxy) is 1. The van der Waals surface area contributed by atoms with Gasteiger partial charge in [-0.2, -0.15) is 0 Å². The Kier molecular flexibility index (Phi) is 5.51. The molecule has 0 aliphatic heterocycles. The minimum absolute atomic E-state index is 0.0970. The third kappa shape index (κ3) is 4.43. The van der Waals surface area contributed by atoms with Crippen molar-refractivity contribution >= 4 is 16.8 Å². The number of hydrogen-bond donors (Lipinski definition) is 1. The second-order valence-corrected chi connectivity index (χ2v) is 5.91. The predicted octanol–water partition coefficient (Wildman–Crippen LogP) is 2.96. The van der Waals surface area contributed by atoms with Gasteiger partial charge in [0.2, 0.25) is 0 Å². The molecule has 0 amide bonds. The van der Waals surface area contributed by atoms with Crippen LogP contribution in [0.4, 0.5) is 0 Å². The fourth-order valence-corrected chi connectivity index (χ4v) is 3.08. The molecule has 1 atom stereocenters. The summed E-state index contributed by atoms with van der Waals surface area (Å²) >= 11 is 0. The molecule has 0 saturated carbocycles. The summed E-state index contributed by atoms with van der Waals surface area (Å²) in [5.41, 5.74) is 0.0970. The van der Waals surface area contributed by atoms with Crippen molar-refractivity contribution in [1.29, 1.82) is 0 Å². The van der Waals surface area contributed by atoms with E-state index in [4.69, 9.17) is 9.84 Å². The Morgan fingerprint density at radius 2 is 1.71 bits per heavy atom. The van der Waals surface area contributed by atoms with E-state index in [2.05, 4.69) is 0 Å². The van der Waals surface area contributed by atoms with Gasteiger partial charge in [-0.1, -0.05) is 30.3 Å². The standard InChI is InChI=1S/C16H16O4S/c17-16(18)14-9-4-5-10-15(14)21(19)12-6-11-20-13-7-2-1-3-8-13/h1-5,7-10H,6,11-12H2,(H,17,18). The first-order chi connectivity index (χ1) is 10.2. The van der Waals surface area contributed by atoms with Crippen LogP contribution in [0.15, 0.2) is 59.5 Å². The molecule has 0 fully saturated rings. The number of benzene rings is 2. The number of carboxylic acid groups (broad SMARTS) is 1. The van der Waals surface area contributed by atoms with Crippen molar-refractivity contribution in [2.75, 3.05) is 12.4 Å². The maximum Gasteiger partial charge on any atom is 0.336 e. The second kappa shape index (κ2) is 7.59. The first-order valence-corrected chi connectivity index (χ1v) is 7.89. The van der Waals surface area contributed by atoms with E-state index in [0.717, 1.165) is 5.75 Å². The molecule has 0 radical (unpaired) electrons. The van der Waals surface area contributed by atoms with Gasteiger partial charge >= 0.3 is 5.97 Å². The van der Waals surface area contributed by atoms with Gasteiger partial charge in [0.05, 0.1) is 27.9 Å². The van der Waals surface area contributed by atoms with Crippen molar-refractivity contribution in [3.63, 3.8) is 0 Å². The van der Waals surface area contributed by atoms with Crippen LogP contribution in [-0.4, -0.2) is 27.6 Å². The molecule has 2 rings (SSSR count). The summed E-state index contributed by atoms with van der Waals surface area (Å²) < 4.78 is 17.7. The number of carboxylic acids is 1.